The van der Waals surface area contributed by atoms with Crippen molar-refractivity contribution in [3.63, 3.8) is 0 Å². The van der Waals surface area contributed by atoms with Gasteiger partial charge in [0.15, 0.2) is 0 Å². The zero-order valence-corrected chi connectivity index (χ0v) is 25.3. The second-order valence-electron chi connectivity index (χ2n) is 11.4. The monoisotopic (exact) mass is 596 g/mol. The van der Waals surface area contributed by atoms with Gasteiger partial charge in [0.1, 0.15) is 5.82 Å². The minimum Gasteiger partial charge on any atom is -0.385 e. The summed E-state index contributed by atoms with van der Waals surface area (Å²) in [5, 5.41) is 6.79. The van der Waals surface area contributed by atoms with E-state index in [0.717, 1.165) is 37.2 Å². The standard InChI is InChI=1S/C28H38Cl2N4O4S/c1-18(2)39(36,37)34-10-5-6-20(17-34)27(35)33-26-13-23(25(30)16-32-26)22-12-21(7-8-24(22)29)31-15-19-9-11-38-28(3,4)14-19/h7-8,12-13,16,18-20,31H,5-6,9-11,14-15,17H2,1-4H3,(H,32,33,35)/t19-,20-/m0/s1. The fourth-order valence-electron chi connectivity index (χ4n) is 5.26. The molecule has 2 aliphatic rings. The number of piperidine rings is 1. The Kier molecular flexibility index (Phi) is 9.49. The number of anilines is 2. The molecule has 2 aliphatic heterocycles. The molecule has 4 rings (SSSR count). The van der Waals surface area contributed by atoms with E-state index in [1.54, 1.807) is 19.9 Å². The molecule has 2 fully saturated rings. The van der Waals surface area contributed by atoms with Gasteiger partial charge in [0.25, 0.3) is 0 Å². The summed E-state index contributed by atoms with van der Waals surface area (Å²) in [7, 11) is -3.42. The third kappa shape index (κ3) is 7.44. The van der Waals surface area contributed by atoms with Crippen LogP contribution in [0.25, 0.3) is 11.1 Å². The Morgan fingerprint density at radius 1 is 1.18 bits per heavy atom. The van der Waals surface area contributed by atoms with E-state index in [2.05, 4.69) is 29.5 Å². The zero-order chi connectivity index (χ0) is 28.4. The average molecular weight is 598 g/mol. The van der Waals surface area contributed by atoms with E-state index in [9.17, 15) is 13.2 Å². The summed E-state index contributed by atoms with van der Waals surface area (Å²) < 4.78 is 32.5. The Hall–Kier alpha value is -1.91. The SMILES string of the molecule is CC(C)S(=O)(=O)N1CCC[C@H](C(=O)Nc2cc(-c3cc(NC[C@H]4CCOC(C)(C)C4)ccc3Cl)c(Cl)cn2)C1. The molecule has 0 aliphatic carbocycles. The number of rotatable bonds is 8. The van der Waals surface area contributed by atoms with Crippen molar-refractivity contribution in [1.82, 2.24) is 9.29 Å². The Balaban J connectivity index is 1.47. The van der Waals surface area contributed by atoms with Gasteiger partial charge < -0.3 is 15.4 Å². The first-order valence-electron chi connectivity index (χ1n) is 13.5. The van der Waals surface area contributed by atoms with Gasteiger partial charge >= 0.3 is 0 Å². The van der Waals surface area contributed by atoms with E-state index in [1.165, 1.54) is 10.5 Å². The minimum absolute atomic E-state index is 0.111. The van der Waals surface area contributed by atoms with Crippen LogP contribution in [0.4, 0.5) is 11.5 Å². The highest BCUT2D eigenvalue weighted by Crippen LogP contribution is 2.37. The molecule has 1 amide bonds. The second-order valence-corrected chi connectivity index (χ2v) is 14.7. The minimum atomic E-state index is -3.42. The predicted octanol–water partition coefficient (Wildman–Crippen LogP) is 6.06. The highest BCUT2D eigenvalue weighted by Gasteiger charge is 2.34. The predicted molar refractivity (Wildman–Crippen MR) is 158 cm³/mol. The van der Waals surface area contributed by atoms with Gasteiger partial charge in [-0.2, -0.15) is 0 Å². The molecule has 1 aromatic heterocycles. The molecule has 0 saturated carbocycles. The lowest BCUT2D eigenvalue weighted by Gasteiger charge is -2.35. The summed E-state index contributed by atoms with van der Waals surface area (Å²) in [5.41, 5.74) is 2.18. The number of carbonyl (C=O) groups excluding carboxylic acids is 1. The molecule has 0 spiro atoms. The molecule has 2 N–H and O–H groups in total. The maximum absolute atomic E-state index is 13.1. The van der Waals surface area contributed by atoms with E-state index in [4.69, 9.17) is 27.9 Å². The summed E-state index contributed by atoms with van der Waals surface area (Å²) >= 11 is 13.1. The fraction of sp³-hybridized carbons (Fsp3) is 0.571. The summed E-state index contributed by atoms with van der Waals surface area (Å²) in [6.07, 6.45) is 4.73. The molecule has 0 bridgehead atoms. The highest BCUT2D eigenvalue weighted by molar-refractivity contribution is 7.89. The van der Waals surface area contributed by atoms with Gasteiger partial charge in [-0.05, 0) is 83.6 Å². The third-order valence-electron chi connectivity index (χ3n) is 7.47. The van der Waals surface area contributed by atoms with Gasteiger partial charge in [-0.25, -0.2) is 17.7 Å². The molecule has 1 aromatic carbocycles. The van der Waals surface area contributed by atoms with Crippen molar-refractivity contribution in [2.24, 2.45) is 11.8 Å². The van der Waals surface area contributed by atoms with Crippen LogP contribution >= 0.6 is 23.2 Å². The molecule has 2 saturated heterocycles. The topological polar surface area (TPSA) is 101 Å². The van der Waals surface area contributed by atoms with Crippen LogP contribution < -0.4 is 10.6 Å². The summed E-state index contributed by atoms with van der Waals surface area (Å²) in [6.45, 7) is 9.74. The number of sulfonamides is 1. The lowest BCUT2D eigenvalue weighted by molar-refractivity contribution is -0.120. The third-order valence-corrected chi connectivity index (χ3v) is 10.3. The van der Waals surface area contributed by atoms with Crippen molar-refractivity contribution in [3.8, 4) is 11.1 Å². The number of carbonyl (C=O) groups is 1. The maximum Gasteiger partial charge on any atom is 0.229 e. The molecule has 8 nitrogen and oxygen atoms in total. The van der Waals surface area contributed by atoms with Crippen LogP contribution in [0, 0.1) is 11.8 Å². The van der Waals surface area contributed by atoms with Crippen molar-refractivity contribution < 1.29 is 17.9 Å². The first kappa shape index (κ1) is 30.1. The number of hydrogen-bond donors (Lipinski definition) is 2. The van der Waals surface area contributed by atoms with Crippen LogP contribution in [0.5, 0.6) is 0 Å². The number of nitrogens with one attached hydrogen (secondary N) is 2. The van der Waals surface area contributed by atoms with Crippen LogP contribution in [0.1, 0.15) is 53.4 Å². The van der Waals surface area contributed by atoms with Gasteiger partial charge in [0.2, 0.25) is 15.9 Å². The molecule has 214 valence electrons. The normalized spacial score (nSPS) is 22.0. The van der Waals surface area contributed by atoms with Gasteiger partial charge in [-0.3, -0.25) is 4.79 Å². The van der Waals surface area contributed by atoms with E-state index in [1.807, 2.05) is 18.2 Å². The lowest BCUT2D eigenvalue weighted by atomic mass is 9.88. The van der Waals surface area contributed by atoms with E-state index < -0.39 is 21.2 Å². The highest BCUT2D eigenvalue weighted by atomic mass is 35.5. The van der Waals surface area contributed by atoms with Crippen molar-refractivity contribution in [2.75, 3.05) is 36.9 Å². The number of halogens is 2. The Labute approximate surface area is 241 Å². The lowest BCUT2D eigenvalue weighted by Crippen LogP contribution is -2.46. The van der Waals surface area contributed by atoms with Gasteiger partial charge in [-0.1, -0.05) is 23.2 Å². The van der Waals surface area contributed by atoms with Crippen LogP contribution in [0.15, 0.2) is 30.5 Å². The van der Waals surface area contributed by atoms with E-state index in [-0.39, 0.29) is 18.1 Å². The summed E-state index contributed by atoms with van der Waals surface area (Å²) in [4.78, 5) is 17.4. The quantitative estimate of drug-likeness (QED) is 0.384. The summed E-state index contributed by atoms with van der Waals surface area (Å²) in [5.74, 6) is 0.118. The van der Waals surface area contributed by atoms with Gasteiger partial charge in [0.05, 0.1) is 21.8 Å². The molecule has 3 heterocycles. The van der Waals surface area contributed by atoms with Crippen molar-refractivity contribution >= 4 is 50.6 Å². The maximum atomic E-state index is 13.1. The van der Waals surface area contributed by atoms with Crippen LogP contribution in [0.3, 0.4) is 0 Å². The van der Waals surface area contributed by atoms with Gasteiger partial charge in [-0.15, -0.1) is 0 Å². The van der Waals surface area contributed by atoms with Crippen LogP contribution in [-0.2, 0) is 19.6 Å². The average Bonchev–Trinajstić information content (AvgIpc) is 2.89. The molecular formula is C28H38Cl2N4O4S. The molecular weight excluding hydrogens is 559 g/mol. The zero-order valence-electron chi connectivity index (χ0n) is 23.0. The number of amides is 1. The molecule has 0 radical (unpaired) electrons. The fourth-order valence-corrected chi connectivity index (χ4v) is 7.06. The second kappa shape index (κ2) is 12.3. The molecule has 2 atom stereocenters. The number of hydrogen-bond acceptors (Lipinski definition) is 6. The first-order chi connectivity index (χ1) is 18.4. The summed E-state index contributed by atoms with van der Waals surface area (Å²) in [6, 6.07) is 7.43. The number of aromatic nitrogens is 1. The molecule has 2 aromatic rings. The molecule has 39 heavy (non-hydrogen) atoms. The Bertz CT molecular complexity index is 1300. The number of ether oxygens (including phenoxy) is 1. The molecule has 11 heteroatoms. The number of pyridine rings is 1. The first-order valence-corrected chi connectivity index (χ1v) is 15.7. The van der Waals surface area contributed by atoms with E-state index in [0.29, 0.717) is 46.7 Å². The number of nitrogens with zero attached hydrogens (tertiary/aromatic N) is 2. The number of benzene rings is 1. The Morgan fingerprint density at radius 3 is 2.64 bits per heavy atom. The smallest absolute Gasteiger partial charge is 0.229 e. The van der Waals surface area contributed by atoms with Crippen molar-refractivity contribution in [3.05, 3.63) is 40.5 Å². The largest absolute Gasteiger partial charge is 0.385 e. The molecule has 0 unspecified atom stereocenters. The van der Waals surface area contributed by atoms with Crippen LogP contribution in [-0.4, -0.2) is 60.7 Å². The van der Waals surface area contributed by atoms with Crippen LogP contribution in [0.2, 0.25) is 10.0 Å². The van der Waals surface area contributed by atoms with E-state index >= 15 is 0 Å². The van der Waals surface area contributed by atoms with Crippen molar-refractivity contribution in [2.45, 2.75) is 64.2 Å². The van der Waals surface area contributed by atoms with Crippen molar-refractivity contribution in [1.29, 1.82) is 0 Å². The van der Waals surface area contributed by atoms with Gasteiger partial charge in [0, 0.05) is 54.3 Å². The Morgan fingerprint density at radius 2 is 1.92 bits per heavy atom.